The van der Waals surface area contributed by atoms with Gasteiger partial charge in [0.2, 0.25) is 10.0 Å². The average Bonchev–Trinajstić information content (AvgIpc) is 2.79. The van der Waals surface area contributed by atoms with Crippen molar-refractivity contribution in [1.29, 1.82) is 0 Å². The molecule has 0 spiro atoms. The zero-order valence-electron chi connectivity index (χ0n) is 19.0. The lowest BCUT2D eigenvalue weighted by molar-refractivity contribution is 0.0218. The quantitative estimate of drug-likeness (QED) is 0.178. The molecule has 0 N–H and O–H groups in total. The van der Waals surface area contributed by atoms with Crippen LogP contribution < -0.4 is 0 Å². The number of ether oxygens (including phenoxy) is 1. The third kappa shape index (κ3) is 6.85. The van der Waals surface area contributed by atoms with Gasteiger partial charge in [-0.2, -0.15) is 0 Å². The minimum Gasteiger partial charge on any atom is -0.406 e. The van der Waals surface area contributed by atoms with Crippen LogP contribution in [-0.4, -0.2) is 39.2 Å². The van der Waals surface area contributed by atoms with E-state index in [1.165, 1.54) is 4.31 Å². The van der Waals surface area contributed by atoms with Crippen LogP contribution in [-0.2, 0) is 25.8 Å². The smallest absolute Gasteiger partial charge is 0.242 e. The van der Waals surface area contributed by atoms with Crippen molar-refractivity contribution in [3.63, 3.8) is 0 Å². The maximum atomic E-state index is 12.7. The molecular weight excluding hydrogens is 541 g/mol. The first-order chi connectivity index (χ1) is 14.7. The standard InChI is InChI=1S/C23H34INO4SSi/c1-6-31(7-2,8-3)29-22(23(24)28-18-19-13-10-9-11-14-19)20-15-12-16-21(17-20)30(26,27)25(4)5/h9-17,22-23H,6-8,18H2,1-5H3. The molecule has 172 valence electrons. The van der Waals surface area contributed by atoms with Crippen molar-refractivity contribution in [3.8, 4) is 0 Å². The lowest BCUT2D eigenvalue weighted by Gasteiger charge is -2.35. The van der Waals surface area contributed by atoms with Crippen LogP contribution in [0, 0.1) is 0 Å². The molecule has 0 fully saturated rings. The zero-order chi connectivity index (χ0) is 23.1. The van der Waals surface area contributed by atoms with E-state index < -0.39 is 18.3 Å². The molecular formula is C23H34INO4SSi. The van der Waals surface area contributed by atoms with E-state index >= 15 is 0 Å². The second kappa shape index (κ2) is 11.9. The average molecular weight is 576 g/mol. The van der Waals surface area contributed by atoms with Gasteiger partial charge in [-0.25, -0.2) is 12.7 Å². The van der Waals surface area contributed by atoms with Crippen LogP contribution in [0.25, 0.3) is 0 Å². The van der Waals surface area contributed by atoms with E-state index in [1.807, 2.05) is 36.4 Å². The van der Waals surface area contributed by atoms with Gasteiger partial charge < -0.3 is 9.16 Å². The maximum Gasteiger partial charge on any atom is 0.242 e. The highest BCUT2D eigenvalue weighted by molar-refractivity contribution is 14.1. The number of sulfonamides is 1. The molecule has 2 aromatic carbocycles. The highest BCUT2D eigenvalue weighted by atomic mass is 127. The van der Waals surface area contributed by atoms with Crippen LogP contribution in [0.4, 0.5) is 0 Å². The first-order valence-corrected chi connectivity index (χ1v) is 15.9. The molecule has 0 saturated carbocycles. The van der Waals surface area contributed by atoms with Gasteiger partial charge in [0, 0.05) is 14.1 Å². The third-order valence-electron chi connectivity index (χ3n) is 5.77. The molecule has 0 aliphatic carbocycles. The summed E-state index contributed by atoms with van der Waals surface area (Å²) in [5.41, 5.74) is 1.93. The molecule has 0 aliphatic rings. The molecule has 2 aromatic rings. The van der Waals surface area contributed by atoms with Crippen LogP contribution in [0.15, 0.2) is 59.5 Å². The summed E-state index contributed by atoms with van der Waals surface area (Å²) in [5.74, 6) is 0. The summed E-state index contributed by atoms with van der Waals surface area (Å²) in [6.45, 7) is 7.05. The summed E-state index contributed by atoms with van der Waals surface area (Å²) >= 11 is 2.28. The lowest BCUT2D eigenvalue weighted by atomic mass is 10.1. The van der Waals surface area contributed by atoms with Crippen LogP contribution in [0.1, 0.15) is 38.0 Å². The summed E-state index contributed by atoms with van der Waals surface area (Å²) in [5, 5.41) is 0. The van der Waals surface area contributed by atoms with E-state index in [1.54, 1.807) is 32.3 Å². The monoisotopic (exact) mass is 575 g/mol. The van der Waals surface area contributed by atoms with Gasteiger partial charge in [0.15, 0.2) is 8.32 Å². The van der Waals surface area contributed by atoms with E-state index in [-0.39, 0.29) is 15.1 Å². The Kier molecular flexibility index (Phi) is 10.2. The van der Waals surface area contributed by atoms with Crippen molar-refractivity contribution in [2.24, 2.45) is 0 Å². The van der Waals surface area contributed by atoms with Gasteiger partial charge in [0.25, 0.3) is 0 Å². The molecule has 0 aliphatic heterocycles. The molecule has 0 amide bonds. The molecule has 0 radical (unpaired) electrons. The number of halogens is 1. The first kappa shape index (κ1) is 26.5. The molecule has 2 unspecified atom stereocenters. The Morgan fingerprint density at radius 1 is 0.968 bits per heavy atom. The van der Waals surface area contributed by atoms with Crippen molar-refractivity contribution in [3.05, 3.63) is 65.7 Å². The number of hydrogen-bond donors (Lipinski definition) is 0. The molecule has 0 bridgehead atoms. The fraction of sp³-hybridized carbons (Fsp3) is 0.478. The number of benzene rings is 2. The summed E-state index contributed by atoms with van der Waals surface area (Å²) < 4.78 is 39.4. The molecule has 2 atom stereocenters. The maximum absolute atomic E-state index is 12.7. The van der Waals surface area contributed by atoms with E-state index in [0.29, 0.717) is 6.61 Å². The normalized spacial score (nSPS) is 14.5. The van der Waals surface area contributed by atoms with Crippen molar-refractivity contribution in [2.45, 2.75) is 60.6 Å². The molecule has 0 saturated heterocycles. The number of hydrogen-bond acceptors (Lipinski definition) is 4. The van der Waals surface area contributed by atoms with Crippen LogP contribution in [0.3, 0.4) is 0 Å². The lowest BCUT2D eigenvalue weighted by Crippen LogP contribution is -2.39. The number of nitrogens with zero attached hydrogens (tertiary/aromatic N) is 1. The first-order valence-electron chi connectivity index (χ1n) is 10.7. The summed E-state index contributed by atoms with van der Waals surface area (Å²) in [6, 6.07) is 20.2. The number of rotatable bonds is 12. The highest BCUT2D eigenvalue weighted by Gasteiger charge is 2.36. The molecule has 0 aromatic heterocycles. The molecule has 8 heteroatoms. The van der Waals surface area contributed by atoms with E-state index in [4.69, 9.17) is 9.16 Å². The third-order valence-corrected chi connectivity index (χ3v) is 13.2. The number of alkyl halides is 1. The van der Waals surface area contributed by atoms with Crippen molar-refractivity contribution in [2.75, 3.05) is 14.1 Å². The predicted octanol–water partition coefficient (Wildman–Crippen LogP) is 5.98. The SMILES string of the molecule is CC[Si](CC)(CC)OC(c1cccc(S(=O)(=O)N(C)C)c1)C(I)OCc1ccccc1. The van der Waals surface area contributed by atoms with Gasteiger partial charge in [0.1, 0.15) is 10.2 Å². The Morgan fingerprint density at radius 3 is 2.13 bits per heavy atom. The van der Waals surface area contributed by atoms with E-state index in [0.717, 1.165) is 29.3 Å². The molecule has 5 nitrogen and oxygen atoms in total. The highest BCUT2D eigenvalue weighted by Crippen LogP contribution is 2.36. The topological polar surface area (TPSA) is 55.8 Å². The van der Waals surface area contributed by atoms with Crippen molar-refractivity contribution >= 4 is 40.9 Å². The van der Waals surface area contributed by atoms with Gasteiger partial charge in [-0.05, 0) is 64.0 Å². The zero-order valence-corrected chi connectivity index (χ0v) is 23.0. The largest absolute Gasteiger partial charge is 0.406 e. The summed E-state index contributed by atoms with van der Waals surface area (Å²) in [7, 11) is -2.40. The fourth-order valence-electron chi connectivity index (χ4n) is 3.44. The Morgan fingerprint density at radius 2 is 1.58 bits per heavy atom. The Balaban J connectivity index is 2.39. The van der Waals surface area contributed by atoms with Crippen molar-refractivity contribution in [1.82, 2.24) is 4.31 Å². The fourth-order valence-corrected chi connectivity index (χ4v) is 8.22. The van der Waals surface area contributed by atoms with E-state index in [9.17, 15) is 8.42 Å². The second-order valence-corrected chi connectivity index (χ2v) is 15.9. The van der Waals surface area contributed by atoms with Gasteiger partial charge in [0.05, 0.1) is 11.5 Å². The van der Waals surface area contributed by atoms with Gasteiger partial charge in [-0.3, -0.25) is 0 Å². The van der Waals surface area contributed by atoms with Gasteiger partial charge in [-0.15, -0.1) is 0 Å². The predicted molar refractivity (Wildman–Crippen MR) is 137 cm³/mol. The Labute approximate surface area is 202 Å². The Hall–Kier alpha value is -0.783. The van der Waals surface area contributed by atoms with Crippen LogP contribution >= 0.6 is 22.6 Å². The summed E-state index contributed by atoms with van der Waals surface area (Å²) in [6.07, 6.45) is -0.340. The molecule has 31 heavy (non-hydrogen) atoms. The Bertz CT molecular complexity index is 912. The van der Waals surface area contributed by atoms with Crippen LogP contribution in [0.5, 0.6) is 0 Å². The minimum atomic E-state index is -3.53. The van der Waals surface area contributed by atoms with Crippen LogP contribution in [0.2, 0.25) is 18.1 Å². The van der Waals surface area contributed by atoms with Gasteiger partial charge in [-0.1, -0.05) is 63.2 Å². The molecule has 0 heterocycles. The van der Waals surface area contributed by atoms with Gasteiger partial charge >= 0.3 is 0 Å². The minimum absolute atomic E-state index is 0.258. The second-order valence-electron chi connectivity index (χ2n) is 7.79. The molecule has 2 rings (SSSR count). The summed E-state index contributed by atoms with van der Waals surface area (Å²) in [4.78, 5) is 0.270. The van der Waals surface area contributed by atoms with E-state index in [2.05, 4.69) is 43.4 Å². The van der Waals surface area contributed by atoms with Crippen molar-refractivity contribution < 1.29 is 17.6 Å².